The second kappa shape index (κ2) is 6.40. The van der Waals surface area contributed by atoms with Crippen molar-refractivity contribution in [2.75, 3.05) is 6.61 Å². The maximum atomic E-state index is 10.1. The van der Waals surface area contributed by atoms with Crippen molar-refractivity contribution in [1.82, 2.24) is 0 Å². The first kappa shape index (κ1) is 16.7. The molecule has 4 heteroatoms. The Hall–Kier alpha value is -0.353. The van der Waals surface area contributed by atoms with Crippen LogP contribution in [0.25, 0.3) is 0 Å². The van der Waals surface area contributed by atoms with Crippen molar-refractivity contribution in [3.8, 4) is 0 Å². The summed E-state index contributed by atoms with van der Waals surface area (Å²) in [5, 5.41) is 11.0. The smallest absolute Gasteiger partial charge is 0.192 e. The molecule has 0 aliphatic carbocycles. The second-order valence-corrected chi connectivity index (χ2v) is 11.7. The number of hydrogen-bond donors (Lipinski definition) is 1. The van der Waals surface area contributed by atoms with Gasteiger partial charge in [0.15, 0.2) is 8.32 Å². The van der Waals surface area contributed by atoms with Crippen LogP contribution in [0, 0.1) is 0 Å². The van der Waals surface area contributed by atoms with E-state index in [0.29, 0.717) is 18.1 Å². The molecule has 0 unspecified atom stereocenters. The summed E-state index contributed by atoms with van der Waals surface area (Å²) in [4.78, 5) is 0. The number of rotatable bonds is 5. The molecule has 1 N–H and O–H groups in total. The summed E-state index contributed by atoms with van der Waals surface area (Å²) in [5.41, 5.74) is 0.968. The molecule has 0 fully saturated rings. The highest BCUT2D eigenvalue weighted by Gasteiger charge is 2.37. The molecule has 0 saturated carbocycles. The van der Waals surface area contributed by atoms with E-state index >= 15 is 0 Å². The summed E-state index contributed by atoms with van der Waals surface area (Å²) < 4.78 is 6.01. The molecule has 0 aromatic heterocycles. The van der Waals surface area contributed by atoms with Crippen LogP contribution >= 0.6 is 11.6 Å². The van der Waals surface area contributed by atoms with Gasteiger partial charge in [0.2, 0.25) is 0 Å². The van der Waals surface area contributed by atoms with Crippen LogP contribution in [0.4, 0.5) is 0 Å². The quantitative estimate of drug-likeness (QED) is 0.823. The molecule has 2 nitrogen and oxygen atoms in total. The molecule has 0 aliphatic heterocycles. The Morgan fingerprint density at radius 1 is 1.26 bits per heavy atom. The van der Waals surface area contributed by atoms with Gasteiger partial charge in [-0.3, -0.25) is 0 Å². The average Bonchev–Trinajstić information content (AvgIpc) is 2.28. The minimum atomic E-state index is -1.79. The minimum absolute atomic E-state index is 0.164. The number of hydrogen-bond acceptors (Lipinski definition) is 2. The van der Waals surface area contributed by atoms with Gasteiger partial charge in [-0.1, -0.05) is 50.6 Å². The topological polar surface area (TPSA) is 29.5 Å². The lowest BCUT2D eigenvalue weighted by molar-refractivity contribution is 0.100. The van der Waals surface area contributed by atoms with Gasteiger partial charge in [0.1, 0.15) is 0 Å². The molecule has 1 atom stereocenters. The van der Waals surface area contributed by atoms with Crippen LogP contribution in [-0.2, 0) is 10.8 Å². The molecule has 0 amide bonds. The fourth-order valence-electron chi connectivity index (χ4n) is 1.50. The summed E-state index contributed by atoms with van der Waals surface area (Å²) >= 11 is 6.09. The van der Waals surface area contributed by atoms with Gasteiger partial charge in [-0.25, -0.2) is 0 Å². The highest BCUT2D eigenvalue weighted by atomic mass is 35.5. The van der Waals surface area contributed by atoms with Crippen molar-refractivity contribution in [1.29, 1.82) is 0 Å². The van der Waals surface area contributed by atoms with Gasteiger partial charge in [-0.15, -0.1) is 0 Å². The van der Waals surface area contributed by atoms with E-state index in [9.17, 15) is 5.11 Å². The normalized spacial score (nSPS) is 14.5. The Bertz CT molecular complexity index is 413. The minimum Gasteiger partial charge on any atom is -0.414 e. The number of halogens is 1. The zero-order valence-corrected chi connectivity index (χ0v) is 14.3. The molecule has 0 bridgehead atoms. The van der Waals surface area contributed by atoms with Crippen molar-refractivity contribution >= 4 is 19.9 Å². The molecule has 1 rings (SSSR count). The summed E-state index contributed by atoms with van der Waals surface area (Å²) in [6.07, 6.45) is 0.0305. The predicted octanol–water partition coefficient (Wildman–Crippen LogP) is 4.27. The van der Waals surface area contributed by atoms with E-state index in [1.165, 1.54) is 0 Å². The van der Waals surface area contributed by atoms with E-state index in [1.54, 1.807) is 0 Å². The zero-order chi connectivity index (χ0) is 14.7. The Morgan fingerprint density at radius 3 is 2.37 bits per heavy atom. The SMILES string of the molecule is CC(C)(C)[Si](C)(C)OC[C@H](O)Cc1ccccc1Cl. The van der Waals surface area contributed by atoms with Gasteiger partial charge in [-0.2, -0.15) is 0 Å². The van der Waals surface area contributed by atoms with Crippen LogP contribution < -0.4 is 0 Å². The monoisotopic (exact) mass is 300 g/mol. The van der Waals surface area contributed by atoms with Crippen LogP contribution in [0.1, 0.15) is 26.3 Å². The summed E-state index contributed by atoms with van der Waals surface area (Å²) in [6.45, 7) is 11.3. The highest BCUT2D eigenvalue weighted by molar-refractivity contribution is 6.74. The molecular formula is C15H25ClO2Si. The molecule has 0 spiro atoms. The van der Waals surface area contributed by atoms with Crippen LogP contribution in [0.15, 0.2) is 24.3 Å². The van der Waals surface area contributed by atoms with E-state index in [4.69, 9.17) is 16.0 Å². The van der Waals surface area contributed by atoms with E-state index in [2.05, 4.69) is 33.9 Å². The number of aliphatic hydroxyl groups excluding tert-OH is 1. The average molecular weight is 301 g/mol. The maximum Gasteiger partial charge on any atom is 0.192 e. The first-order valence-electron chi connectivity index (χ1n) is 6.69. The molecule has 19 heavy (non-hydrogen) atoms. The number of benzene rings is 1. The largest absolute Gasteiger partial charge is 0.414 e. The van der Waals surface area contributed by atoms with Gasteiger partial charge in [-0.05, 0) is 29.8 Å². The third-order valence-electron chi connectivity index (χ3n) is 3.86. The first-order chi connectivity index (χ1) is 8.63. The Kier molecular flexibility index (Phi) is 5.62. The molecule has 0 radical (unpaired) electrons. The lowest BCUT2D eigenvalue weighted by atomic mass is 10.1. The van der Waals surface area contributed by atoms with Gasteiger partial charge in [0, 0.05) is 11.4 Å². The third kappa shape index (κ3) is 4.92. The van der Waals surface area contributed by atoms with Crippen LogP contribution in [0.3, 0.4) is 0 Å². The fraction of sp³-hybridized carbons (Fsp3) is 0.600. The van der Waals surface area contributed by atoms with Crippen molar-refractivity contribution in [2.24, 2.45) is 0 Å². The molecule has 0 aliphatic rings. The first-order valence-corrected chi connectivity index (χ1v) is 9.97. The fourth-order valence-corrected chi connectivity index (χ4v) is 2.75. The van der Waals surface area contributed by atoms with Gasteiger partial charge >= 0.3 is 0 Å². The van der Waals surface area contributed by atoms with Crippen molar-refractivity contribution in [2.45, 2.75) is 51.4 Å². The lowest BCUT2D eigenvalue weighted by Gasteiger charge is -2.36. The summed E-state index contributed by atoms with van der Waals surface area (Å²) in [7, 11) is -1.79. The van der Waals surface area contributed by atoms with Gasteiger partial charge < -0.3 is 9.53 Å². The Morgan fingerprint density at radius 2 is 1.84 bits per heavy atom. The van der Waals surface area contributed by atoms with Crippen molar-refractivity contribution in [3.05, 3.63) is 34.9 Å². The predicted molar refractivity (Wildman–Crippen MR) is 84.3 cm³/mol. The highest BCUT2D eigenvalue weighted by Crippen LogP contribution is 2.36. The summed E-state index contributed by atoms with van der Waals surface area (Å²) in [5.74, 6) is 0. The van der Waals surface area contributed by atoms with Gasteiger partial charge in [0.05, 0.1) is 12.7 Å². The second-order valence-electron chi connectivity index (χ2n) is 6.52. The molecule has 1 aromatic carbocycles. The summed E-state index contributed by atoms with van der Waals surface area (Å²) in [6, 6.07) is 7.61. The van der Waals surface area contributed by atoms with Gasteiger partial charge in [0.25, 0.3) is 0 Å². The van der Waals surface area contributed by atoms with Crippen LogP contribution in [0.5, 0.6) is 0 Å². The maximum absolute atomic E-state index is 10.1. The lowest BCUT2D eigenvalue weighted by Crippen LogP contribution is -2.42. The molecule has 0 heterocycles. The number of aliphatic hydroxyl groups is 1. The van der Waals surface area contributed by atoms with Crippen molar-refractivity contribution < 1.29 is 9.53 Å². The van der Waals surface area contributed by atoms with Crippen LogP contribution in [0.2, 0.25) is 23.2 Å². The zero-order valence-electron chi connectivity index (χ0n) is 12.5. The van der Waals surface area contributed by atoms with Crippen LogP contribution in [-0.4, -0.2) is 26.1 Å². The van der Waals surface area contributed by atoms with E-state index < -0.39 is 14.4 Å². The van der Waals surface area contributed by atoms with E-state index in [0.717, 1.165) is 5.56 Å². The van der Waals surface area contributed by atoms with E-state index in [1.807, 2.05) is 24.3 Å². The Labute approximate surface area is 122 Å². The van der Waals surface area contributed by atoms with Crippen molar-refractivity contribution in [3.63, 3.8) is 0 Å². The molecular weight excluding hydrogens is 276 g/mol. The molecule has 1 aromatic rings. The third-order valence-corrected chi connectivity index (χ3v) is 8.73. The molecule has 108 valence electrons. The van der Waals surface area contributed by atoms with E-state index in [-0.39, 0.29) is 5.04 Å². The Balaban J connectivity index is 2.53. The standard InChI is InChI=1S/C15H25ClO2Si/c1-15(2,3)19(4,5)18-11-13(17)10-12-8-6-7-9-14(12)16/h6-9,13,17H,10-11H2,1-5H3/t13-/m1/s1. The molecule has 0 saturated heterocycles.